The molecular weight excluding hydrogens is 378 g/mol. The maximum absolute atomic E-state index is 13.0. The van der Waals surface area contributed by atoms with Crippen LogP contribution in [0, 0.1) is 0 Å². The molecule has 0 N–H and O–H groups in total. The highest BCUT2D eigenvalue weighted by Crippen LogP contribution is 2.18. The average molecular weight is 406 g/mol. The second-order valence-electron chi connectivity index (χ2n) is 6.35. The maximum atomic E-state index is 13.0. The van der Waals surface area contributed by atoms with E-state index in [0.717, 1.165) is 12.0 Å². The highest BCUT2D eigenvalue weighted by Gasteiger charge is 2.17. The van der Waals surface area contributed by atoms with E-state index in [4.69, 9.17) is 8.92 Å². The summed E-state index contributed by atoms with van der Waals surface area (Å²) >= 11 is 0. The molecule has 0 fully saturated rings. The number of carbonyl (C=O) groups is 1. The van der Waals surface area contributed by atoms with Gasteiger partial charge in [-0.2, -0.15) is 8.42 Å². The van der Waals surface area contributed by atoms with Gasteiger partial charge in [0.15, 0.2) is 0 Å². The third-order valence-corrected chi connectivity index (χ3v) is 5.46. The summed E-state index contributed by atoms with van der Waals surface area (Å²) in [6.45, 7) is 4.73. The van der Waals surface area contributed by atoms with E-state index in [1.54, 1.807) is 30.2 Å². The lowest BCUT2D eigenvalue weighted by molar-refractivity contribution is 0.0680. The molecule has 0 aliphatic rings. The van der Waals surface area contributed by atoms with Gasteiger partial charge < -0.3 is 13.8 Å². The molecule has 0 radical (unpaired) electrons. The van der Waals surface area contributed by atoms with E-state index in [1.807, 2.05) is 30.3 Å². The Bertz CT molecular complexity index is 878. The fourth-order valence-electron chi connectivity index (χ4n) is 2.64. The number of methoxy groups -OCH3 is 1. The molecule has 0 saturated heterocycles. The van der Waals surface area contributed by atoms with Gasteiger partial charge in [-0.05, 0) is 48.7 Å². The van der Waals surface area contributed by atoms with E-state index in [0.29, 0.717) is 25.3 Å². The molecule has 0 unspecified atom stereocenters. The summed E-state index contributed by atoms with van der Waals surface area (Å²) in [5.74, 6) is 0.0293. The molecule has 7 heteroatoms. The minimum atomic E-state index is -3.60. The Morgan fingerprint density at radius 1 is 1.04 bits per heavy atom. The van der Waals surface area contributed by atoms with Crippen LogP contribution in [0.15, 0.2) is 48.5 Å². The number of ether oxygens (including phenoxy) is 1. The van der Waals surface area contributed by atoms with Crippen molar-refractivity contribution >= 4 is 16.0 Å². The van der Waals surface area contributed by atoms with Crippen molar-refractivity contribution in [1.82, 2.24) is 4.90 Å². The van der Waals surface area contributed by atoms with Gasteiger partial charge in [0.2, 0.25) is 0 Å². The number of hydrogen-bond donors (Lipinski definition) is 0. The molecule has 0 aliphatic heterocycles. The summed E-state index contributed by atoms with van der Waals surface area (Å²) in [6, 6.07) is 14.3. The molecule has 0 aliphatic carbocycles. The SMILES string of the molecule is CCc1ccc(C(=O)N(CCOC)Cc2cccc(OS(=O)(=O)CC)c2)cc1. The van der Waals surface area contributed by atoms with Crippen LogP contribution in [0.5, 0.6) is 5.75 Å². The first-order chi connectivity index (χ1) is 13.4. The van der Waals surface area contributed by atoms with Crippen LogP contribution < -0.4 is 4.18 Å². The molecule has 0 spiro atoms. The van der Waals surface area contributed by atoms with Gasteiger partial charge in [-0.15, -0.1) is 0 Å². The van der Waals surface area contributed by atoms with Gasteiger partial charge in [0.1, 0.15) is 5.75 Å². The predicted molar refractivity (Wildman–Crippen MR) is 109 cm³/mol. The lowest BCUT2D eigenvalue weighted by Crippen LogP contribution is -2.33. The molecular formula is C21H27NO5S. The molecule has 0 saturated carbocycles. The summed E-state index contributed by atoms with van der Waals surface area (Å²) in [7, 11) is -2.01. The van der Waals surface area contributed by atoms with Crippen LogP contribution >= 0.6 is 0 Å². The van der Waals surface area contributed by atoms with Crippen LogP contribution in [0.2, 0.25) is 0 Å². The number of rotatable bonds is 10. The highest BCUT2D eigenvalue weighted by atomic mass is 32.2. The minimum absolute atomic E-state index is 0.104. The Hall–Kier alpha value is -2.38. The van der Waals surface area contributed by atoms with Gasteiger partial charge in [0.05, 0.1) is 12.4 Å². The van der Waals surface area contributed by atoms with E-state index >= 15 is 0 Å². The molecule has 6 nitrogen and oxygen atoms in total. The Morgan fingerprint density at radius 3 is 2.36 bits per heavy atom. The third kappa shape index (κ3) is 6.35. The second-order valence-corrected chi connectivity index (χ2v) is 8.21. The van der Waals surface area contributed by atoms with Crippen molar-refractivity contribution in [2.24, 2.45) is 0 Å². The summed E-state index contributed by atoms with van der Waals surface area (Å²) < 4.78 is 33.6. The minimum Gasteiger partial charge on any atom is -0.383 e. The van der Waals surface area contributed by atoms with Gasteiger partial charge in [0, 0.05) is 25.8 Å². The molecule has 0 bridgehead atoms. The molecule has 0 atom stereocenters. The number of carbonyl (C=O) groups excluding carboxylic acids is 1. The van der Waals surface area contributed by atoms with Crippen LogP contribution in [0.25, 0.3) is 0 Å². The fourth-order valence-corrected chi connectivity index (χ4v) is 3.16. The van der Waals surface area contributed by atoms with E-state index < -0.39 is 10.1 Å². The summed E-state index contributed by atoms with van der Waals surface area (Å²) in [4.78, 5) is 14.6. The lowest BCUT2D eigenvalue weighted by Gasteiger charge is -2.23. The Balaban J connectivity index is 2.20. The van der Waals surface area contributed by atoms with Gasteiger partial charge >= 0.3 is 10.1 Å². The topological polar surface area (TPSA) is 72.9 Å². The predicted octanol–water partition coefficient (Wildman–Crippen LogP) is 3.27. The zero-order valence-electron chi connectivity index (χ0n) is 16.6. The summed E-state index contributed by atoms with van der Waals surface area (Å²) in [5.41, 5.74) is 2.55. The second kappa shape index (κ2) is 10.2. The highest BCUT2D eigenvalue weighted by molar-refractivity contribution is 7.87. The van der Waals surface area contributed by atoms with Crippen LogP contribution in [0.1, 0.15) is 35.3 Å². The molecule has 152 valence electrons. The van der Waals surface area contributed by atoms with Crippen LogP contribution in [-0.2, 0) is 27.8 Å². The fraction of sp³-hybridized carbons (Fsp3) is 0.381. The smallest absolute Gasteiger partial charge is 0.308 e. The molecule has 2 rings (SSSR count). The summed E-state index contributed by atoms with van der Waals surface area (Å²) in [5, 5.41) is 0. The quantitative estimate of drug-likeness (QED) is 0.567. The van der Waals surface area contributed by atoms with E-state index in [2.05, 4.69) is 6.92 Å². The van der Waals surface area contributed by atoms with Crippen molar-refractivity contribution in [1.29, 1.82) is 0 Å². The first-order valence-corrected chi connectivity index (χ1v) is 10.8. The first kappa shape index (κ1) is 21.9. The standard InChI is InChI=1S/C21H27NO5S/c1-4-17-9-11-19(12-10-17)21(23)22(13-14-26-3)16-18-7-6-8-20(15-18)27-28(24,25)5-2/h6-12,15H,4-5,13-14,16H2,1-3H3. The zero-order chi connectivity index (χ0) is 20.6. The van der Waals surface area contributed by atoms with E-state index in [9.17, 15) is 13.2 Å². The molecule has 2 aromatic rings. The average Bonchev–Trinajstić information content (AvgIpc) is 2.70. The molecule has 1 amide bonds. The zero-order valence-corrected chi connectivity index (χ0v) is 17.4. The van der Waals surface area contributed by atoms with Gasteiger partial charge in [-0.1, -0.05) is 31.2 Å². The van der Waals surface area contributed by atoms with Crippen molar-refractivity contribution in [3.8, 4) is 5.75 Å². The van der Waals surface area contributed by atoms with Crippen LogP contribution in [0.3, 0.4) is 0 Å². The Kier molecular flexibility index (Phi) is 8.02. The van der Waals surface area contributed by atoms with E-state index in [1.165, 1.54) is 12.5 Å². The van der Waals surface area contributed by atoms with Crippen LogP contribution in [0.4, 0.5) is 0 Å². The van der Waals surface area contributed by atoms with Crippen LogP contribution in [-0.4, -0.2) is 45.2 Å². The van der Waals surface area contributed by atoms with Crippen molar-refractivity contribution in [2.45, 2.75) is 26.8 Å². The lowest BCUT2D eigenvalue weighted by atomic mass is 10.1. The third-order valence-electron chi connectivity index (χ3n) is 4.31. The van der Waals surface area contributed by atoms with E-state index in [-0.39, 0.29) is 17.4 Å². The van der Waals surface area contributed by atoms with Crippen molar-refractivity contribution in [3.05, 3.63) is 65.2 Å². The largest absolute Gasteiger partial charge is 0.383 e. The Labute approximate surface area is 167 Å². The van der Waals surface area contributed by atoms with Gasteiger partial charge in [-0.25, -0.2) is 0 Å². The van der Waals surface area contributed by atoms with Crippen molar-refractivity contribution < 1.29 is 22.1 Å². The molecule has 0 heterocycles. The van der Waals surface area contributed by atoms with Crippen molar-refractivity contribution in [2.75, 3.05) is 26.0 Å². The monoisotopic (exact) mass is 405 g/mol. The number of aryl methyl sites for hydroxylation is 1. The summed E-state index contributed by atoms with van der Waals surface area (Å²) in [6.07, 6.45) is 0.912. The molecule has 2 aromatic carbocycles. The number of amides is 1. The first-order valence-electron chi connectivity index (χ1n) is 9.26. The maximum Gasteiger partial charge on any atom is 0.308 e. The number of nitrogens with zero attached hydrogens (tertiary/aromatic N) is 1. The van der Waals surface area contributed by atoms with Gasteiger partial charge in [0.25, 0.3) is 5.91 Å². The molecule has 28 heavy (non-hydrogen) atoms. The number of benzene rings is 2. The normalized spacial score (nSPS) is 11.2. The van der Waals surface area contributed by atoms with Crippen molar-refractivity contribution in [3.63, 3.8) is 0 Å². The van der Waals surface area contributed by atoms with Gasteiger partial charge in [-0.3, -0.25) is 4.79 Å². The number of hydrogen-bond acceptors (Lipinski definition) is 5. The Morgan fingerprint density at radius 2 is 1.75 bits per heavy atom. The molecule has 0 aromatic heterocycles.